The molecule has 0 saturated heterocycles. The van der Waals surface area contributed by atoms with E-state index in [1.165, 1.54) is 6.07 Å². The smallest absolute Gasteiger partial charge is 0.371 e. The number of hydrogen-bond acceptors (Lipinski definition) is 3. The van der Waals surface area contributed by atoms with Gasteiger partial charge in [0.2, 0.25) is 5.76 Å². The summed E-state index contributed by atoms with van der Waals surface area (Å²) < 4.78 is 5.44. The van der Waals surface area contributed by atoms with Crippen molar-refractivity contribution >= 4 is 5.97 Å². The number of hydrogen-bond donors (Lipinski definition) is 2. The summed E-state index contributed by atoms with van der Waals surface area (Å²) in [5.41, 5.74) is -1.61. The predicted molar refractivity (Wildman–Crippen MR) is 68.8 cm³/mol. The van der Waals surface area contributed by atoms with Crippen LogP contribution in [-0.2, 0) is 5.60 Å². The number of aromatic carboxylic acids is 1. The van der Waals surface area contributed by atoms with E-state index in [2.05, 4.69) is 20.8 Å². The Hall–Kier alpha value is -1.29. The number of carboxylic acid groups (broad SMARTS) is 1. The van der Waals surface area contributed by atoms with E-state index in [-0.39, 0.29) is 16.6 Å². The molecular formula is C15H20O4. The van der Waals surface area contributed by atoms with Crippen LogP contribution >= 0.6 is 0 Å². The second-order valence-corrected chi connectivity index (χ2v) is 6.90. The lowest BCUT2D eigenvalue weighted by atomic mass is 9.59. The topological polar surface area (TPSA) is 70.7 Å². The standard InChI is InChI=1S/C15H20O4/c1-13(2)9-6-7-14(3,8-9)15(13,18)11-5-4-10(19-11)12(16)17/h4-5,9,18H,6-8H2,1-3H3,(H,16,17). The normalized spacial score (nSPS) is 39.7. The molecule has 0 radical (unpaired) electrons. The second kappa shape index (κ2) is 3.42. The summed E-state index contributed by atoms with van der Waals surface area (Å²) in [6.07, 6.45) is 3.05. The van der Waals surface area contributed by atoms with E-state index in [0.717, 1.165) is 19.3 Å². The van der Waals surface area contributed by atoms with Gasteiger partial charge in [0.05, 0.1) is 0 Å². The summed E-state index contributed by atoms with van der Waals surface area (Å²) in [5, 5.41) is 20.3. The molecule has 0 spiro atoms. The molecule has 2 saturated carbocycles. The van der Waals surface area contributed by atoms with Crippen LogP contribution in [0.15, 0.2) is 16.5 Å². The maximum Gasteiger partial charge on any atom is 0.371 e. The lowest BCUT2D eigenvalue weighted by Crippen LogP contribution is -2.51. The SMILES string of the molecule is CC12CCC(C1)C(C)(C)C2(O)c1ccc(C(=O)O)o1. The third-order valence-corrected chi connectivity index (χ3v) is 5.74. The molecule has 1 aromatic heterocycles. The fourth-order valence-corrected chi connectivity index (χ4v) is 4.52. The van der Waals surface area contributed by atoms with Gasteiger partial charge in [0.15, 0.2) is 0 Å². The average molecular weight is 264 g/mol. The zero-order valence-electron chi connectivity index (χ0n) is 11.6. The summed E-state index contributed by atoms with van der Waals surface area (Å²) >= 11 is 0. The number of fused-ring (bicyclic) bond motifs is 2. The maximum atomic E-state index is 11.3. The highest BCUT2D eigenvalue weighted by molar-refractivity contribution is 5.84. The van der Waals surface area contributed by atoms with Gasteiger partial charge in [-0.1, -0.05) is 20.8 Å². The number of aliphatic hydroxyl groups is 1. The monoisotopic (exact) mass is 264 g/mol. The molecule has 2 fully saturated rings. The van der Waals surface area contributed by atoms with Crippen LogP contribution in [0.4, 0.5) is 0 Å². The lowest BCUT2D eigenvalue weighted by molar-refractivity contribution is -0.163. The van der Waals surface area contributed by atoms with E-state index in [9.17, 15) is 9.90 Å². The molecule has 4 nitrogen and oxygen atoms in total. The Bertz CT molecular complexity index is 537. The Kier molecular flexibility index (Phi) is 2.29. The first-order valence-corrected chi connectivity index (χ1v) is 6.78. The van der Waals surface area contributed by atoms with Crippen LogP contribution in [0.5, 0.6) is 0 Å². The molecule has 2 aliphatic carbocycles. The van der Waals surface area contributed by atoms with Gasteiger partial charge in [-0.2, -0.15) is 0 Å². The zero-order chi connectivity index (χ0) is 14.1. The minimum atomic E-state index is -1.10. The van der Waals surface area contributed by atoms with Crippen molar-refractivity contribution in [1.82, 2.24) is 0 Å². The van der Waals surface area contributed by atoms with Crippen LogP contribution in [0, 0.1) is 16.7 Å². The molecule has 1 heterocycles. The van der Waals surface area contributed by atoms with Crippen molar-refractivity contribution in [3.63, 3.8) is 0 Å². The van der Waals surface area contributed by atoms with E-state index in [1.807, 2.05) is 0 Å². The van der Waals surface area contributed by atoms with E-state index in [0.29, 0.717) is 11.7 Å². The van der Waals surface area contributed by atoms with Gasteiger partial charge in [-0.25, -0.2) is 4.79 Å². The molecule has 104 valence electrons. The van der Waals surface area contributed by atoms with Crippen LogP contribution in [0.1, 0.15) is 56.3 Å². The summed E-state index contributed by atoms with van der Waals surface area (Å²) in [4.78, 5) is 11.0. The summed E-state index contributed by atoms with van der Waals surface area (Å²) in [7, 11) is 0. The molecule has 2 aliphatic rings. The zero-order valence-corrected chi connectivity index (χ0v) is 11.6. The van der Waals surface area contributed by atoms with Gasteiger partial charge in [-0.05, 0) is 37.3 Å². The first-order valence-electron chi connectivity index (χ1n) is 6.78. The Morgan fingerprint density at radius 3 is 2.53 bits per heavy atom. The van der Waals surface area contributed by atoms with Crippen molar-refractivity contribution in [1.29, 1.82) is 0 Å². The molecule has 0 amide bonds. The number of furan rings is 1. The average Bonchev–Trinajstić information content (AvgIpc) is 2.96. The fraction of sp³-hybridized carbons (Fsp3) is 0.667. The number of carboxylic acids is 1. The van der Waals surface area contributed by atoms with Crippen molar-refractivity contribution in [2.24, 2.45) is 16.7 Å². The van der Waals surface area contributed by atoms with E-state index in [4.69, 9.17) is 9.52 Å². The predicted octanol–water partition coefficient (Wildman–Crippen LogP) is 3.01. The summed E-state index contributed by atoms with van der Waals surface area (Å²) in [6.45, 7) is 6.21. The fourth-order valence-electron chi connectivity index (χ4n) is 4.52. The first kappa shape index (κ1) is 12.7. The Labute approximate surface area is 112 Å². The second-order valence-electron chi connectivity index (χ2n) is 6.90. The molecular weight excluding hydrogens is 244 g/mol. The Morgan fingerprint density at radius 2 is 2.05 bits per heavy atom. The summed E-state index contributed by atoms with van der Waals surface area (Å²) in [5.74, 6) is -0.341. The number of carbonyl (C=O) groups is 1. The minimum Gasteiger partial charge on any atom is -0.475 e. The van der Waals surface area contributed by atoms with Crippen LogP contribution in [0.25, 0.3) is 0 Å². The Morgan fingerprint density at radius 1 is 1.37 bits per heavy atom. The highest BCUT2D eigenvalue weighted by Gasteiger charge is 2.70. The molecule has 3 atom stereocenters. The molecule has 4 heteroatoms. The van der Waals surface area contributed by atoms with Gasteiger partial charge < -0.3 is 14.6 Å². The highest BCUT2D eigenvalue weighted by atomic mass is 16.4. The van der Waals surface area contributed by atoms with E-state index in [1.54, 1.807) is 6.07 Å². The van der Waals surface area contributed by atoms with Crippen molar-refractivity contribution in [2.75, 3.05) is 0 Å². The van der Waals surface area contributed by atoms with Crippen LogP contribution in [0.3, 0.4) is 0 Å². The largest absolute Gasteiger partial charge is 0.475 e. The van der Waals surface area contributed by atoms with E-state index >= 15 is 0 Å². The van der Waals surface area contributed by atoms with Crippen molar-refractivity contribution in [2.45, 2.75) is 45.6 Å². The molecule has 2 N–H and O–H groups in total. The minimum absolute atomic E-state index is 0.106. The van der Waals surface area contributed by atoms with Gasteiger partial charge in [-0.15, -0.1) is 0 Å². The van der Waals surface area contributed by atoms with Crippen LogP contribution < -0.4 is 0 Å². The molecule has 19 heavy (non-hydrogen) atoms. The molecule has 1 aromatic rings. The van der Waals surface area contributed by atoms with Crippen molar-refractivity contribution < 1.29 is 19.4 Å². The summed E-state index contributed by atoms with van der Waals surface area (Å²) in [6, 6.07) is 3.05. The maximum absolute atomic E-state index is 11.3. The van der Waals surface area contributed by atoms with Crippen molar-refractivity contribution in [3.05, 3.63) is 23.7 Å². The van der Waals surface area contributed by atoms with Crippen LogP contribution in [-0.4, -0.2) is 16.2 Å². The highest BCUT2D eigenvalue weighted by Crippen LogP contribution is 2.71. The van der Waals surface area contributed by atoms with Crippen molar-refractivity contribution in [3.8, 4) is 0 Å². The third-order valence-electron chi connectivity index (χ3n) is 5.74. The molecule has 3 unspecified atom stereocenters. The first-order chi connectivity index (χ1) is 8.72. The van der Waals surface area contributed by atoms with E-state index < -0.39 is 11.6 Å². The quantitative estimate of drug-likeness (QED) is 0.861. The number of rotatable bonds is 2. The molecule has 0 aliphatic heterocycles. The van der Waals surface area contributed by atoms with Gasteiger partial charge in [0, 0.05) is 10.8 Å². The third kappa shape index (κ3) is 1.30. The van der Waals surface area contributed by atoms with Crippen LogP contribution in [0.2, 0.25) is 0 Å². The van der Waals surface area contributed by atoms with Gasteiger partial charge >= 0.3 is 5.97 Å². The van der Waals surface area contributed by atoms with Gasteiger partial charge in [0.25, 0.3) is 0 Å². The molecule has 3 rings (SSSR count). The molecule has 2 bridgehead atoms. The lowest BCUT2D eigenvalue weighted by Gasteiger charge is -2.49. The van der Waals surface area contributed by atoms with Gasteiger partial charge in [-0.3, -0.25) is 0 Å². The Balaban J connectivity index is 2.13. The molecule has 0 aromatic carbocycles. The van der Waals surface area contributed by atoms with Gasteiger partial charge in [0.1, 0.15) is 11.4 Å².